The smallest absolute Gasteiger partial charge is 0.242 e. The molecule has 0 spiro atoms. The zero-order chi connectivity index (χ0) is 17.0. The van der Waals surface area contributed by atoms with Gasteiger partial charge in [0.25, 0.3) is 0 Å². The van der Waals surface area contributed by atoms with Gasteiger partial charge in [0.2, 0.25) is 12.3 Å². The second-order valence-corrected chi connectivity index (χ2v) is 5.69. The maximum atomic E-state index is 12.2. The third-order valence-corrected chi connectivity index (χ3v) is 3.41. The summed E-state index contributed by atoms with van der Waals surface area (Å²) >= 11 is 0. The Morgan fingerprint density at radius 3 is 2.23 bits per heavy atom. The van der Waals surface area contributed by atoms with Gasteiger partial charge in [0.1, 0.15) is 17.6 Å². The zero-order valence-corrected chi connectivity index (χ0v) is 13.8. The monoisotopic (exact) mass is 312 g/mol. The molecule has 0 aromatic carbocycles. The minimum atomic E-state index is -0.734. The van der Waals surface area contributed by atoms with Crippen molar-refractivity contribution in [2.24, 2.45) is 0 Å². The van der Waals surface area contributed by atoms with Crippen LogP contribution in [-0.4, -0.2) is 36.0 Å². The van der Waals surface area contributed by atoms with E-state index >= 15 is 0 Å². The highest BCUT2D eigenvalue weighted by atomic mass is 16.2. The fourth-order valence-electron chi connectivity index (χ4n) is 2.23. The minimum Gasteiger partial charge on any atom is -0.351 e. The quantitative estimate of drug-likeness (QED) is 0.398. The van der Waals surface area contributed by atoms with Gasteiger partial charge in [0.15, 0.2) is 0 Å². The van der Waals surface area contributed by atoms with Crippen molar-refractivity contribution >= 4 is 23.9 Å². The minimum absolute atomic E-state index is 0.0189. The molecule has 0 aliphatic carbocycles. The average molecular weight is 312 g/mol. The highest BCUT2D eigenvalue weighted by Crippen LogP contribution is 2.08. The van der Waals surface area contributed by atoms with Crippen LogP contribution in [0.1, 0.15) is 65.7 Å². The first-order chi connectivity index (χ1) is 10.4. The second-order valence-electron chi connectivity index (χ2n) is 5.69. The third kappa shape index (κ3) is 10.1. The van der Waals surface area contributed by atoms with Crippen molar-refractivity contribution < 1.29 is 19.2 Å². The molecule has 6 heteroatoms. The van der Waals surface area contributed by atoms with E-state index in [1.54, 1.807) is 0 Å². The average Bonchev–Trinajstić information content (AvgIpc) is 2.42. The number of carbonyl (C=O) groups is 4. The summed E-state index contributed by atoms with van der Waals surface area (Å²) in [6, 6.07) is -0.952. The van der Waals surface area contributed by atoms with Gasteiger partial charge in [-0.2, -0.15) is 0 Å². The van der Waals surface area contributed by atoms with Crippen LogP contribution in [0.15, 0.2) is 0 Å². The summed E-state index contributed by atoms with van der Waals surface area (Å²) in [6.45, 7) is 5.03. The second kappa shape index (κ2) is 11.9. The van der Waals surface area contributed by atoms with Crippen molar-refractivity contribution in [3.63, 3.8) is 0 Å². The fraction of sp³-hybridized carbons (Fsp3) is 0.750. The number of hydrogen-bond donors (Lipinski definition) is 2. The number of unbranched alkanes of at least 4 members (excludes halogenated alkanes) is 2. The maximum absolute atomic E-state index is 12.2. The van der Waals surface area contributed by atoms with Crippen molar-refractivity contribution in [2.45, 2.75) is 77.8 Å². The highest BCUT2D eigenvalue weighted by Gasteiger charge is 2.21. The van der Waals surface area contributed by atoms with Crippen LogP contribution < -0.4 is 10.6 Å². The molecule has 2 atom stereocenters. The van der Waals surface area contributed by atoms with Crippen molar-refractivity contribution in [1.82, 2.24) is 10.6 Å². The molecule has 0 aliphatic rings. The maximum Gasteiger partial charge on any atom is 0.242 e. The molecule has 0 rings (SSSR count). The molecule has 0 saturated heterocycles. The summed E-state index contributed by atoms with van der Waals surface area (Å²) in [5, 5.41) is 5.26. The number of amides is 2. The number of ketones is 2. The molecule has 2 amide bonds. The van der Waals surface area contributed by atoms with E-state index in [9.17, 15) is 19.2 Å². The Morgan fingerprint density at radius 2 is 1.73 bits per heavy atom. The predicted molar refractivity (Wildman–Crippen MR) is 84.3 cm³/mol. The molecule has 2 N–H and O–H groups in total. The Morgan fingerprint density at radius 1 is 1.05 bits per heavy atom. The van der Waals surface area contributed by atoms with Crippen LogP contribution in [0.2, 0.25) is 0 Å². The normalized spacial score (nSPS) is 13.0. The van der Waals surface area contributed by atoms with Crippen molar-refractivity contribution in [2.75, 3.05) is 0 Å². The van der Waals surface area contributed by atoms with E-state index in [2.05, 4.69) is 17.6 Å². The van der Waals surface area contributed by atoms with Gasteiger partial charge in [-0.1, -0.05) is 26.2 Å². The molecule has 2 unspecified atom stereocenters. The molecular formula is C16H28N2O4. The van der Waals surface area contributed by atoms with Gasteiger partial charge < -0.3 is 15.4 Å². The first-order valence-electron chi connectivity index (χ1n) is 7.89. The van der Waals surface area contributed by atoms with E-state index in [4.69, 9.17) is 0 Å². The van der Waals surface area contributed by atoms with E-state index in [1.165, 1.54) is 13.8 Å². The zero-order valence-electron chi connectivity index (χ0n) is 13.8. The van der Waals surface area contributed by atoms with Crippen molar-refractivity contribution in [3.8, 4) is 0 Å². The van der Waals surface area contributed by atoms with Gasteiger partial charge >= 0.3 is 0 Å². The molecule has 0 bridgehead atoms. The number of nitrogens with one attached hydrogen (secondary N) is 2. The lowest BCUT2D eigenvalue weighted by atomic mass is 10.0. The molecule has 22 heavy (non-hydrogen) atoms. The van der Waals surface area contributed by atoms with Crippen LogP contribution in [0.25, 0.3) is 0 Å². The molecule has 0 heterocycles. The van der Waals surface area contributed by atoms with Gasteiger partial charge in [0, 0.05) is 18.9 Å². The number of Topliss-reactive ketones (excluding diaryl/α,β-unsaturated/α-hetero) is 2. The summed E-state index contributed by atoms with van der Waals surface area (Å²) in [7, 11) is 0. The lowest BCUT2D eigenvalue weighted by Crippen LogP contribution is -2.48. The summed E-state index contributed by atoms with van der Waals surface area (Å²) in [4.78, 5) is 45.2. The Hall–Kier alpha value is -1.72. The van der Waals surface area contributed by atoms with Crippen LogP contribution in [-0.2, 0) is 19.2 Å². The summed E-state index contributed by atoms with van der Waals surface area (Å²) < 4.78 is 0. The summed E-state index contributed by atoms with van der Waals surface area (Å²) in [5.74, 6) is -0.352. The predicted octanol–water partition coefficient (Wildman–Crippen LogP) is 1.51. The molecular weight excluding hydrogens is 284 g/mol. The van der Waals surface area contributed by atoms with Gasteiger partial charge in [0.05, 0.1) is 0 Å². The van der Waals surface area contributed by atoms with Gasteiger partial charge in [-0.3, -0.25) is 14.4 Å². The van der Waals surface area contributed by atoms with Crippen LogP contribution in [0.5, 0.6) is 0 Å². The highest BCUT2D eigenvalue weighted by molar-refractivity contribution is 5.85. The fourth-order valence-corrected chi connectivity index (χ4v) is 2.23. The molecule has 0 aromatic rings. The lowest BCUT2D eigenvalue weighted by Gasteiger charge is -2.21. The van der Waals surface area contributed by atoms with Gasteiger partial charge in [-0.25, -0.2) is 0 Å². The van der Waals surface area contributed by atoms with Crippen LogP contribution in [0, 0.1) is 0 Å². The molecule has 0 aliphatic heterocycles. The summed E-state index contributed by atoms with van der Waals surface area (Å²) in [5.41, 5.74) is 0. The Labute approximate surface area is 132 Å². The molecule has 126 valence electrons. The van der Waals surface area contributed by atoms with Crippen LogP contribution in [0.3, 0.4) is 0 Å². The molecule has 6 nitrogen and oxygen atoms in total. The third-order valence-electron chi connectivity index (χ3n) is 3.41. The number of carbonyl (C=O) groups excluding carboxylic acids is 4. The van der Waals surface area contributed by atoms with Gasteiger partial charge in [-0.15, -0.1) is 0 Å². The molecule has 0 aromatic heterocycles. The largest absolute Gasteiger partial charge is 0.351 e. The number of hydrogen-bond acceptors (Lipinski definition) is 4. The molecule has 0 saturated carbocycles. The van der Waals surface area contributed by atoms with Crippen LogP contribution >= 0.6 is 0 Å². The standard InChI is InChI=1S/C16H28N2O4/c1-4-5-6-7-14(10-13(3)21)18-16(22)15(17-11-19)9-8-12(2)20/h11,14-15H,4-10H2,1-3H3,(H,17,19)(H,18,22). The summed E-state index contributed by atoms with van der Waals surface area (Å²) in [6.07, 6.45) is 5.03. The SMILES string of the molecule is CCCCCC(CC(C)=O)NC(=O)C(CCC(C)=O)NC=O. The van der Waals surface area contributed by atoms with Gasteiger partial charge in [-0.05, 0) is 26.7 Å². The topological polar surface area (TPSA) is 92.3 Å². The Balaban J connectivity index is 4.59. The number of rotatable bonds is 13. The molecule has 0 fully saturated rings. The van der Waals surface area contributed by atoms with E-state index in [0.29, 0.717) is 6.41 Å². The Kier molecular flexibility index (Phi) is 11.0. The van der Waals surface area contributed by atoms with E-state index < -0.39 is 6.04 Å². The first kappa shape index (κ1) is 20.3. The van der Waals surface area contributed by atoms with E-state index in [1.807, 2.05) is 0 Å². The van der Waals surface area contributed by atoms with E-state index in [-0.39, 0.29) is 42.8 Å². The van der Waals surface area contributed by atoms with E-state index in [0.717, 1.165) is 25.7 Å². The van der Waals surface area contributed by atoms with Crippen molar-refractivity contribution in [3.05, 3.63) is 0 Å². The Bertz CT molecular complexity index is 382. The van der Waals surface area contributed by atoms with Crippen molar-refractivity contribution in [1.29, 1.82) is 0 Å². The molecule has 0 radical (unpaired) electrons. The first-order valence-corrected chi connectivity index (χ1v) is 7.89. The van der Waals surface area contributed by atoms with Crippen LogP contribution in [0.4, 0.5) is 0 Å². The lowest BCUT2D eigenvalue weighted by molar-refractivity contribution is -0.127.